The lowest BCUT2D eigenvalue weighted by Gasteiger charge is -2.11. The summed E-state index contributed by atoms with van der Waals surface area (Å²) in [5.41, 5.74) is 0.737. The van der Waals surface area contributed by atoms with Crippen molar-refractivity contribution in [3.8, 4) is 0 Å². The molecule has 1 heterocycles. The molecule has 0 bridgehead atoms. The number of benzene rings is 3. The minimum Gasteiger partial charge on any atom is -0.324 e. The highest BCUT2D eigenvalue weighted by Crippen LogP contribution is 2.29. The first-order valence-corrected chi connectivity index (χ1v) is 11.6. The maximum absolute atomic E-state index is 13.0. The fourth-order valence-electron chi connectivity index (χ4n) is 3.44. The van der Waals surface area contributed by atoms with Crippen molar-refractivity contribution < 1.29 is 27.6 Å². The Morgan fingerprint density at radius 1 is 0.700 bits per heavy atom. The van der Waals surface area contributed by atoms with E-state index in [1.807, 2.05) is 0 Å². The van der Waals surface area contributed by atoms with Crippen LogP contribution < -0.4 is 21.3 Å². The summed E-state index contributed by atoms with van der Waals surface area (Å²) in [7, 11) is 0. The van der Waals surface area contributed by atoms with E-state index in [0.717, 1.165) is 24.3 Å². The molecule has 0 fully saturated rings. The van der Waals surface area contributed by atoms with Crippen LogP contribution in [0.4, 0.5) is 41.9 Å². The van der Waals surface area contributed by atoms with Gasteiger partial charge in [0.25, 0.3) is 11.8 Å². The number of rotatable bonds is 8. The molecule has 3 aromatic carbocycles. The molecule has 4 N–H and O–H groups in total. The summed E-state index contributed by atoms with van der Waals surface area (Å²) in [4.78, 5) is 45.0. The number of carbonyl (C=O) groups excluding carboxylic acids is 3. The van der Waals surface area contributed by atoms with Crippen LogP contribution in [0, 0.1) is 0 Å². The lowest BCUT2D eigenvalue weighted by atomic mass is 10.1. The molecule has 9 nitrogen and oxygen atoms in total. The molecular weight excluding hydrogens is 525 g/mol. The molecular formula is C28H21F3N6O3. The summed E-state index contributed by atoms with van der Waals surface area (Å²) in [6.45, 7) is 3.41. The van der Waals surface area contributed by atoms with Crippen molar-refractivity contribution in [2.24, 2.45) is 0 Å². The average molecular weight is 547 g/mol. The zero-order valence-corrected chi connectivity index (χ0v) is 20.6. The third-order valence-corrected chi connectivity index (χ3v) is 5.32. The van der Waals surface area contributed by atoms with Gasteiger partial charge in [-0.05, 0) is 60.7 Å². The molecule has 3 amide bonds. The summed E-state index contributed by atoms with van der Waals surface area (Å²) in [5.74, 6) is -1.39. The van der Waals surface area contributed by atoms with Gasteiger partial charge in [-0.2, -0.15) is 13.2 Å². The number of carbonyl (C=O) groups is 3. The fraction of sp³-hybridized carbons (Fsp3) is 0.0357. The van der Waals surface area contributed by atoms with E-state index < -0.39 is 23.6 Å². The summed E-state index contributed by atoms with van der Waals surface area (Å²) >= 11 is 0. The summed E-state index contributed by atoms with van der Waals surface area (Å²) in [6.07, 6.45) is -0.656. The first-order valence-electron chi connectivity index (χ1n) is 11.6. The van der Waals surface area contributed by atoms with E-state index in [0.29, 0.717) is 17.1 Å². The van der Waals surface area contributed by atoms with Gasteiger partial charge in [0.2, 0.25) is 11.9 Å². The molecule has 12 heteroatoms. The van der Waals surface area contributed by atoms with E-state index >= 15 is 0 Å². The molecule has 0 aliphatic carbocycles. The van der Waals surface area contributed by atoms with E-state index in [1.54, 1.807) is 24.3 Å². The molecule has 0 unspecified atom stereocenters. The van der Waals surface area contributed by atoms with Crippen molar-refractivity contribution in [3.63, 3.8) is 0 Å². The number of nitrogens with one attached hydrogen (secondary N) is 4. The van der Waals surface area contributed by atoms with Crippen molar-refractivity contribution in [2.75, 3.05) is 21.3 Å². The van der Waals surface area contributed by atoms with Crippen LogP contribution in [0.5, 0.6) is 0 Å². The zero-order chi connectivity index (χ0) is 28.7. The van der Waals surface area contributed by atoms with Crippen LogP contribution >= 0.6 is 0 Å². The molecule has 0 aliphatic rings. The van der Waals surface area contributed by atoms with Crippen LogP contribution in [0.1, 0.15) is 26.3 Å². The normalized spacial score (nSPS) is 10.8. The summed E-state index contributed by atoms with van der Waals surface area (Å²) in [5, 5.41) is 10.8. The molecule has 0 spiro atoms. The maximum atomic E-state index is 13.0. The van der Waals surface area contributed by atoms with Crippen LogP contribution in [0.3, 0.4) is 0 Å². The second-order valence-electron chi connectivity index (χ2n) is 8.26. The standard InChI is InChI=1S/C28H21F3N6O3/c1-2-24(38)34-21-10-5-11-22(14-21)37-27-32-15-23(16-33-27)36-26(40)18-7-4-9-20(13-18)35-25(39)17-6-3-8-19(12-17)28(29,30)31/h2-16H,1H2,(H,34,38)(H,35,39)(H,36,40)(H,32,33,37). The molecule has 0 aliphatic heterocycles. The number of hydrogen-bond donors (Lipinski definition) is 4. The molecule has 4 aromatic rings. The maximum Gasteiger partial charge on any atom is 0.416 e. The molecule has 0 saturated heterocycles. The van der Waals surface area contributed by atoms with Crippen LogP contribution in [0.2, 0.25) is 0 Å². The predicted octanol–water partition coefficient (Wildman–Crippen LogP) is 5.87. The van der Waals surface area contributed by atoms with Crippen molar-refractivity contribution in [1.29, 1.82) is 0 Å². The van der Waals surface area contributed by atoms with Crippen LogP contribution in [-0.2, 0) is 11.0 Å². The lowest BCUT2D eigenvalue weighted by molar-refractivity contribution is -0.137. The van der Waals surface area contributed by atoms with Crippen LogP contribution in [-0.4, -0.2) is 27.7 Å². The Labute approximate surface area is 226 Å². The molecule has 40 heavy (non-hydrogen) atoms. The van der Waals surface area contributed by atoms with Gasteiger partial charge in [-0.3, -0.25) is 14.4 Å². The largest absolute Gasteiger partial charge is 0.416 e. The molecule has 1 aromatic heterocycles. The highest BCUT2D eigenvalue weighted by molar-refractivity contribution is 6.07. The number of amides is 3. The van der Waals surface area contributed by atoms with E-state index in [9.17, 15) is 27.6 Å². The van der Waals surface area contributed by atoms with Gasteiger partial charge in [0.05, 0.1) is 23.6 Å². The minimum absolute atomic E-state index is 0.177. The van der Waals surface area contributed by atoms with Crippen LogP contribution in [0.25, 0.3) is 0 Å². The Kier molecular flexibility index (Phi) is 8.19. The highest BCUT2D eigenvalue weighted by Gasteiger charge is 2.30. The number of alkyl halides is 3. The van der Waals surface area contributed by atoms with Gasteiger partial charge in [-0.1, -0.05) is 24.8 Å². The van der Waals surface area contributed by atoms with E-state index in [2.05, 4.69) is 37.8 Å². The second kappa shape index (κ2) is 11.9. The predicted molar refractivity (Wildman–Crippen MR) is 144 cm³/mol. The van der Waals surface area contributed by atoms with Crippen molar-refractivity contribution >= 4 is 46.4 Å². The van der Waals surface area contributed by atoms with Crippen molar-refractivity contribution in [2.45, 2.75) is 6.18 Å². The third-order valence-electron chi connectivity index (χ3n) is 5.32. The van der Waals surface area contributed by atoms with E-state index in [4.69, 9.17) is 0 Å². The molecule has 202 valence electrons. The molecule has 4 rings (SSSR count). The number of aromatic nitrogens is 2. The smallest absolute Gasteiger partial charge is 0.324 e. The SMILES string of the molecule is C=CC(=O)Nc1cccc(Nc2ncc(NC(=O)c3cccc(NC(=O)c4cccc(C(F)(F)F)c4)c3)cn2)c1. The number of halogens is 3. The molecule has 0 saturated carbocycles. The molecule has 0 radical (unpaired) electrons. The quantitative estimate of drug-likeness (QED) is 0.205. The van der Waals surface area contributed by atoms with E-state index in [-0.39, 0.29) is 28.7 Å². The third kappa shape index (κ3) is 7.28. The van der Waals surface area contributed by atoms with Gasteiger partial charge >= 0.3 is 6.18 Å². The Hall–Kier alpha value is -5.52. The summed E-state index contributed by atoms with van der Waals surface area (Å²) in [6, 6.07) is 16.8. The monoisotopic (exact) mass is 546 g/mol. The van der Waals surface area contributed by atoms with E-state index in [1.165, 1.54) is 42.7 Å². The van der Waals surface area contributed by atoms with Gasteiger partial charge in [0.15, 0.2) is 0 Å². The Bertz CT molecular complexity index is 1570. The minimum atomic E-state index is -4.58. The van der Waals surface area contributed by atoms with Gasteiger partial charge < -0.3 is 21.3 Å². The Balaban J connectivity index is 1.38. The first-order chi connectivity index (χ1) is 19.1. The van der Waals surface area contributed by atoms with Gasteiger partial charge in [-0.25, -0.2) is 9.97 Å². The Morgan fingerprint density at radius 3 is 1.90 bits per heavy atom. The number of anilines is 5. The van der Waals surface area contributed by atoms with Gasteiger partial charge in [0.1, 0.15) is 0 Å². The summed E-state index contributed by atoms with van der Waals surface area (Å²) < 4.78 is 38.9. The van der Waals surface area contributed by atoms with Crippen molar-refractivity contribution in [1.82, 2.24) is 9.97 Å². The van der Waals surface area contributed by atoms with Gasteiger partial charge in [-0.15, -0.1) is 0 Å². The highest BCUT2D eigenvalue weighted by atomic mass is 19.4. The number of hydrogen-bond acceptors (Lipinski definition) is 6. The first kappa shape index (κ1) is 27.5. The topological polar surface area (TPSA) is 125 Å². The second-order valence-corrected chi connectivity index (χ2v) is 8.26. The zero-order valence-electron chi connectivity index (χ0n) is 20.6. The fourth-order valence-corrected chi connectivity index (χ4v) is 3.44. The van der Waals surface area contributed by atoms with Crippen molar-refractivity contribution in [3.05, 3.63) is 115 Å². The van der Waals surface area contributed by atoms with Gasteiger partial charge in [0, 0.05) is 28.2 Å². The Morgan fingerprint density at radius 2 is 1.25 bits per heavy atom. The average Bonchev–Trinajstić information content (AvgIpc) is 2.94. The lowest BCUT2D eigenvalue weighted by Crippen LogP contribution is -2.15. The molecule has 0 atom stereocenters. The number of nitrogens with zero attached hydrogens (tertiary/aromatic N) is 2. The van der Waals surface area contributed by atoms with Crippen LogP contribution in [0.15, 0.2) is 97.8 Å².